The maximum atomic E-state index is 11.7. The number of nitriles is 1. The lowest BCUT2D eigenvalue weighted by Gasteiger charge is -2.24. The van der Waals surface area contributed by atoms with Crippen LogP contribution in [0.4, 0.5) is 0 Å². The topological polar surface area (TPSA) is 91.9 Å². The lowest BCUT2D eigenvalue weighted by atomic mass is 9.96. The first-order valence-electron chi connectivity index (χ1n) is 8.07. The quantitative estimate of drug-likeness (QED) is 0.664. The highest BCUT2D eigenvalue weighted by Gasteiger charge is 2.24. The summed E-state index contributed by atoms with van der Waals surface area (Å²) in [6.45, 7) is 4.70. The molecule has 7 heteroatoms. The van der Waals surface area contributed by atoms with Gasteiger partial charge in [-0.25, -0.2) is 9.59 Å². The molecule has 0 radical (unpaired) electrons. The predicted octanol–water partition coefficient (Wildman–Crippen LogP) is 1.98. The fourth-order valence-corrected chi connectivity index (χ4v) is 3.34. The van der Waals surface area contributed by atoms with E-state index in [2.05, 4.69) is 24.0 Å². The fourth-order valence-electron chi connectivity index (χ4n) is 3.34. The van der Waals surface area contributed by atoms with Crippen molar-refractivity contribution in [3.05, 3.63) is 56.2 Å². The molecule has 3 aromatic rings. The normalized spacial score (nSPS) is 15.4. The second kappa shape index (κ2) is 5.76. The van der Waals surface area contributed by atoms with Crippen LogP contribution < -0.4 is 11.3 Å². The van der Waals surface area contributed by atoms with Crippen LogP contribution >= 0.6 is 0 Å². The Balaban J connectivity index is 2.12. The maximum Gasteiger partial charge on any atom is 0.442 e. The van der Waals surface area contributed by atoms with Gasteiger partial charge in [0, 0.05) is 18.5 Å². The summed E-state index contributed by atoms with van der Waals surface area (Å²) in [6, 6.07) is 7.30. The molecular weight excluding hydrogens is 322 g/mol. The summed E-state index contributed by atoms with van der Waals surface area (Å²) in [7, 11) is 0. The zero-order valence-electron chi connectivity index (χ0n) is 13.6. The maximum absolute atomic E-state index is 11.7. The largest absolute Gasteiger partial charge is 0.442 e. The lowest BCUT2D eigenvalue weighted by Crippen LogP contribution is -2.28. The number of fused-ring (bicyclic) bond motifs is 3. The lowest BCUT2D eigenvalue weighted by molar-refractivity contribution is 0.286. The Morgan fingerprint density at radius 1 is 1.28 bits per heavy atom. The van der Waals surface area contributed by atoms with Crippen LogP contribution in [0.1, 0.15) is 24.5 Å². The molecule has 0 atom stereocenters. The highest BCUT2D eigenvalue weighted by atomic mass is 16.5. The molecule has 0 aliphatic carbocycles. The van der Waals surface area contributed by atoms with Gasteiger partial charge >= 0.3 is 11.3 Å². The highest BCUT2D eigenvalue weighted by Crippen LogP contribution is 2.36. The fraction of sp³-hybridized carbons (Fsp3) is 0.278. The Morgan fingerprint density at radius 2 is 2.12 bits per heavy atom. The van der Waals surface area contributed by atoms with Gasteiger partial charge in [-0.3, -0.25) is 4.90 Å². The number of aromatic nitrogens is 1. The van der Waals surface area contributed by atoms with E-state index >= 15 is 0 Å². The van der Waals surface area contributed by atoms with Crippen LogP contribution in [0, 0.1) is 11.3 Å². The molecule has 0 N–H and O–H groups in total. The Bertz CT molecular complexity index is 1170. The monoisotopic (exact) mass is 337 g/mol. The molecule has 0 spiro atoms. The van der Waals surface area contributed by atoms with Crippen molar-refractivity contribution in [2.75, 3.05) is 19.6 Å². The van der Waals surface area contributed by atoms with E-state index in [1.165, 1.54) is 4.57 Å². The summed E-state index contributed by atoms with van der Waals surface area (Å²) in [4.78, 5) is 25.6. The molecule has 0 saturated heterocycles. The number of hydrogen-bond donors (Lipinski definition) is 0. The number of nitrogens with zero attached hydrogens (tertiary/aromatic N) is 3. The summed E-state index contributed by atoms with van der Waals surface area (Å²) in [5.41, 5.74) is 0.651. The summed E-state index contributed by atoms with van der Waals surface area (Å²) in [6.07, 6.45) is 2.83. The van der Waals surface area contributed by atoms with Gasteiger partial charge in [0.25, 0.3) is 0 Å². The van der Waals surface area contributed by atoms with Gasteiger partial charge in [0.1, 0.15) is 0 Å². The third-order valence-electron chi connectivity index (χ3n) is 4.62. The van der Waals surface area contributed by atoms with Gasteiger partial charge in [0.15, 0.2) is 0 Å². The Morgan fingerprint density at radius 3 is 2.80 bits per heavy atom. The average molecular weight is 337 g/mol. The molecule has 126 valence electrons. The molecular formula is C18H15N3O4. The van der Waals surface area contributed by atoms with E-state index in [-0.39, 0.29) is 5.71 Å². The first-order valence-corrected chi connectivity index (χ1v) is 8.07. The van der Waals surface area contributed by atoms with Crippen LogP contribution in [-0.2, 0) is 0 Å². The van der Waals surface area contributed by atoms with Crippen molar-refractivity contribution in [1.82, 2.24) is 9.47 Å². The van der Waals surface area contributed by atoms with Crippen LogP contribution in [0.2, 0.25) is 0 Å². The van der Waals surface area contributed by atoms with Crippen LogP contribution in [0.15, 0.2) is 42.8 Å². The number of benzene rings is 1. The smallest absolute Gasteiger partial charge is 0.397 e. The van der Waals surface area contributed by atoms with Gasteiger partial charge in [-0.1, -0.05) is 19.1 Å². The van der Waals surface area contributed by atoms with Gasteiger partial charge in [-0.15, -0.1) is 4.57 Å². The number of likely N-dealkylation sites (N-methyl/N-ethyl adjacent to an activating group) is 1. The van der Waals surface area contributed by atoms with E-state index < -0.39 is 11.3 Å². The molecule has 7 nitrogen and oxygen atoms in total. The van der Waals surface area contributed by atoms with Crippen LogP contribution in [0.25, 0.3) is 22.2 Å². The van der Waals surface area contributed by atoms with Gasteiger partial charge < -0.3 is 8.94 Å². The van der Waals surface area contributed by atoms with Crippen LogP contribution in [-0.4, -0.2) is 29.1 Å². The molecule has 1 aliphatic heterocycles. The first-order chi connectivity index (χ1) is 12.1. The van der Waals surface area contributed by atoms with Crippen molar-refractivity contribution in [1.29, 1.82) is 5.26 Å². The van der Waals surface area contributed by atoms with E-state index in [0.717, 1.165) is 31.6 Å². The minimum atomic E-state index is -1.08. The Kier molecular flexibility index (Phi) is 3.55. The standard InChI is InChI=1S/C18H15N3O4/c1-2-20-8-6-11(7-9-20)15-14-12(10-19)4-3-5-13(14)21-16(15)24-17(22)18(23)25-21/h3-6H,2,7-9H2,1H3. The predicted molar refractivity (Wildman–Crippen MR) is 91.4 cm³/mol. The zero-order valence-corrected chi connectivity index (χ0v) is 13.6. The zero-order chi connectivity index (χ0) is 17.6. The summed E-state index contributed by atoms with van der Waals surface area (Å²) in [5.74, 6) is 0. The van der Waals surface area contributed by atoms with Gasteiger partial charge in [0.05, 0.1) is 22.7 Å². The summed E-state index contributed by atoms with van der Waals surface area (Å²) >= 11 is 0. The summed E-state index contributed by atoms with van der Waals surface area (Å²) in [5, 5.41) is 10.1. The minimum Gasteiger partial charge on any atom is -0.397 e. The van der Waals surface area contributed by atoms with Crippen molar-refractivity contribution >= 4 is 22.2 Å². The van der Waals surface area contributed by atoms with Crippen molar-refractivity contribution in [2.45, 2.75) is 13.3 Å². The second-order valence-corrected chi connectivity index (χ2v) is 5.93. The third kappa shape index (κ3) is 2.30. The molecule has 0 unspecified atom stereocenters. The molecule has 0 saturated carbocycles. The molecule has 0 amide bonds. The molecule has 2 aromatic heterocycles. The molecule has 1 aromatic carbocycles. The van der Waals surface area contributed by atoms with Crippen molar-refractivity contribution in [2.24, 2.45) is 0 Å². The van der Waals surface area contributed by atoms with E-state index in [1.807, 2.05) is 0 Å². The van der Waals surface area contributed by atoms with Crippen LogP contribution in [0.3, 0.4) is 0 Å². The van der Waals surface area contributed by atoms with E-state index in [9.17, 15) is 14.9 Å². The van der Waals surface area contributed by atoms with Gasteiger partial charge in [-0.2, -0.15) is 5.26 Å². The molecule has 0 fully saturated rings. The minimum absolute atomic E-state index is 0.165. The molecule has 4 rings (SSSR count). The SMILES string of the molecule is CCN1CC=C(c2c3c(C#N)cccc3n3oc(=O)c(=O)oc23)CC1. The highest BCUT2D eigenvalue weighted by molar-refractivity contribution is 6.02. The molecule has 1 aliphatic rings. The second-order valence-electron chi connectivity index (χ2n) is 5.93. The number of rotatable bonds is 2. The van der Waals surface area contributed by atoms with Crippen molar-refractivity contribution < 1.29 is 8.94 Å². The Labute approximate surface area is 141 Å². The Hall–Kier alpha value is -3.11. The van der Waals surface area contributed by atoms with E-state index in [1.54, 1.807) is 18.2 Å². The molecule has 0 bridgehead atoms. The van der Waals surface area contributed by atoms with E-state index in [4.69, 9.17) is 8.94 Å². The van der Waals surface area contributed by atoms with E-state index in [0.29, 0.717) is 22.0 Å². The third-order valence-corrected chi connectivity index (χ3v) is 4.62. The van der Waals surface area contributed by atoms with Gasteiger partial charge in [-0.05, 0) is 30.7 Å². The van der Waals surface area contributed by atoms with Gasteiger partial charge in [0.2, 0.25) is 5.71 Å². The average Bonchev–Trinajstić information content (AvgIpc) is 2.95. The summed E-state index contributed by atoms with van der Waals surface area (Å²) < 4.78 is 11.6. The van der Waals surface area contributed by atoms with Crippen LogP contribution in [0.5, 0.6) is 0 Å². The molecule has 3 heterocycles. The number of hydrogen-bond acceptors (Lipinski definition) is 6. The first kappa shape index (κ1) is 15.4. The van der Waals surface area contributed by atoms with Crippen molar-refractivity contribution in [3.8, 4) is 6.07 Å². The molecule has 25 heavy (non-hydrogen) atoms. The van der Waals surface area contributed by atoms with Crippen molar-refractivity contribution in [3.63, 3.8) is 0 Å².